The molecule has 2 unspecified atom stereocenters. The lowest BCUT2D eigenvalue weighted by molar-refractivity contribution is 0.229. The second kappa shape index (κ2) is 6.34. The molecule has 1 aromatic heterocycles. The summed E-state index contributed by atoms with van der Waals surface area (Å²) in [4.78, 5) is 4.09. The van der Waals surface area contributed by atoms with Crippen molar-refractivity contribution >= 4 is 15.6 Å². The van der Waals surface area contributed by atoms with Crippen molar-refractivity contribution < 1.29 is 8.42 Å². The fourth-order valence-corrected chi connectivity index (χ4v) is 4.48. The fraction of sp³-hybridized carbons (Fsp3) is 0.471. The molecule has 0 radical (unpaired) electrons. The molecule has 1 aliphatic carbocycles. The second-order valence-corrected chi connectivity index (χ2v) is 8.13. The van der Waals surface area contributed by atoms with Gasteiger partial charge in [0.2, 0.25) is 10.0 Å². The van der Waals surface area contributed by atoms with Gasteiger partial charge < -0.3 is 0 Å². The molecular weight excluding hydrogens is 296 g/mol. The molecule has 0 bridgehead atoms. The predicted octanol–water partition coefficient (Wildman–Crippen LogP) is 2.71. The van der Waals surface area contributed by atoms with Crippen LogP contribution in [-0.4, -0.2) is 37.1 Å². The van der Waals surface area contributed by atoms with Crippen LogP contribution in [0.1, 0.15) is 24.8 Å². The van der Waals surface area contributed by atoms with Crippen LogP contribution in [0.15, 0.2) is 42.8 Å². The van der Waals surface area contributed by atoms with Crippen molar-refractivity contribution in [3.05, 3.63) is 48.3 Å². The first kappa shape index (κ1) is 15.4. The second-order valence-electron chi connectivity index (χ2n) is 6.15. The van der Waals surface area contributed by atoms with E-state index in [9.17, 15) is 8.42 Å². The van der Waals surface area contributed by atoms with Crippen molar-refractivity contribution in [1.82, 2.24) is 9.29 Å². The minimum atomic E-state index is -3.09. The van der Waals surface area contributed by atoms with Crippen molar-refractivity contribution in [2.24, 2.45) is 11.8 Å². The third kappa shape index (κ3) is 3.31. The van der Waals surface area contributed by atoms with Gasteiger partial charge >= 0.3 is 0 Å². The lowest BCUT2D eigenvalue weighted by Crippen LogP contribution is -2.41. The number of aromatic nitrogens is 1. The number of nitrogens with zero attached hydrogens (tertiary/aromatic N) is 2. The van der Waals surface area contributed by atoms with Gasteiger partial charge in [-0.15, -0.1) is 0 Å². The summed E-state index contributed by atoms with van der Waals surface area (Å²) in [6, 6.07) is 4.07. The van der Waals surface area contributed by atoms with Gasteiger partial charge in [-0.1, -0.05) is 18.2 Å². The highest BCUT2D eigenvalue weighted by atomic mass is 32.2. The van der Waals surface area contributed by atoms with Gasteiger partial charge in [0.1, 0.15) is 0 Å². The van der Waals surface area contributed by atoms with E-state index in [2.05, 4.69) is 23.2 Å². The SMILES string of the molecule is CS(=O)(=O)N1CCCC(C2CC=CC=C2c2ccncc2)C1. The first-order valence-corrected chi connectivity index (χ1v) is 9.63. The lowest BCUT2D eigenvalue weighted by Gasteiger charge is -2.37. The van der Waals surface area contributed by atoms with E-state index in [-0.39, 0.29) is 0 Å². The van der Waals surface area contributed by atoms with E-state index >= 15 is 0 Å². The molecule has 5 heteroatoms. The monoisotopic (exact) mass is 318 g/mol. The Balaban J connectivity index is 1.84. The van der Waals surface area contributed by atoms with Crippen LogP contribution in [0.4, 0.5) is 0 Å². The molecule has 1 saturated heterocycles. The summed E-state index contributed by atoms with van der Waals surface area (Å²) in [6.07, 6.45) is 14.4. The zero-order valence-electron chi connectivity index (χ0n) is 12.9. The van der Waals surface area contributed by atoms with E-state index in [1.807, 2.05) is 24.5 Å². The normalized spacial score (nSPS) is 26.7. The average molecular weight is 318 g/mol. The van der Waals surface area contributed by atoms with Gasteiger partial charge in [-0.3, -0.25) is 4.98 Å². The maximum Gasteiger partial charge on any atom is 0.211 e. The van der Waals surface area contributed by atoms with E-state index in [4.69, 9.17) is 0 Å². The van der Waals surface area contributed by atoms with Gasteiger partial charge in [0, 0.05) is 25.5 Å². The number of sulfonamides is 1. The van der Waals surface area contributed by atoms with E-state index in [1.165, 1.54) is 17.4 Å². The molecule has 1 fully saturated rings. The van der Waals surface area contributed by atoms with Crippen molar-refractivity contribution in [3.8, 4) is 0 Å². The number of pyridine rings is 1. The van der Waals surface area contributed by atoms with Crippen LogP contribution < -0.4 is 0 Å². The summed E-state index contributed by atoms with van der Waals surface area (Å²) >= 11 is 0. The van der Waals surface area contributed by atoms with Gasteiger partial charge in [0.05, 0.1) is 6.26 Å². The first-order chi connectivity index (χ1) is 10.6. The largest absolute Gasteiger partial charge is 0.265 e. The molecule has 2 atom stereocenters. The number of hydrogen-bond donors (Lipinski definition) is 0. The van der Waals surface area contributed by atoms with Crippen LogP contribution in [0.5, 0.6) is 0 Å². The van der Waals surface area contributed by atoms with Crippen molar-refractivity contribution in [3.63, 3.8) is 0 Å². The van der Waals surface area contributed by atoms with Gasteiger partial charge in [-0.25, -0.2) is 12.7 Å². The molecule has 0 N–H and O–H groups in total. The zero-order valence-corrected chi connectivity index (χ0v) is 13.7. The van der Waals surface area contributed by atoms with Crippen LogP contribution in [0, 0.1) is 11.8 Å². The molecule has 0 saturated carbocycles. The Kier molecular flexibility index (Phi) is 4.45. The Morgan fingerprint density at radius 2 is 2.05 bits per heavy atom. The highest BCUT2D eigenvalue weighted by Crippen LogP contribution is 2.38. The fourth-order valence-electron chi connectivity index (χ4n) is 3.55. The zero-order chi connectivity index (χ0) is 15.6. The van der Waals surface area contributed by atoms with E-state index in [0.29, 0.717) is 24.9 Å². The molecule has 118 valence electrons. The number of allylic oxidation sites excluding steroid dienone is 4. The molecule has 0 aromatic carbocycles. The Morgan fingerprint density at radius 3 is 2.77 bits per heavy atom. The third-order valence-corrected chi connectivity index (χ3v) is 5.94. The molecule has 1 aliphatic heterocycles. The van der Waals surface area contributed by atoms with E-state index in [0.717, 1.165) is 19.3 Å². The minimum absolute atomic E-state index is 0.382. The third-order valence-electron chi connectivity index (χ3n) is 4.67. The number of hydrogen-bond acceptors (Lipinski definition) is 3. The van der Waals surface area contributed by atoms with Crippen LogP contribution in [-0.2, 0) is 10.0 Å². The topological polar surface area (TPSA) is 50.3 Å². The molecule has 3 rings (SSSR count). The Morgan fingerprint density at radius 1 is 1.27 bits per heavy atom. The lowest BCUT2D eigenvalue weighted by atomic mass is 9.75. The average Bonchev–Trinajstić information content (AvgIpc) is 2.55. The predicted molar refractivity (Wildman–Crippen MR) is 88.6 cm³/mol. The Labute approximate surface area is 132 Å². The summed E-state index contributed by atoms with van der Waals surface area (Å²) in [7, 11) is -3.09. The first-order valence-electron chi connectivity index (χ1n) is 7.78. The smallest absolute Gasteiger partial charge is 0.211 e. The van der Waals surface area contributed by atoms with Crippen molar-refractivity contribution in [2.75, 3.05) is 19.3 Å². The summed E-state index contributed by atoms with van der Waals surface area (Å²) in [5, 5.41) is 0. The van der Waals surface area contributed by atoms with Crippen LogP contribution >= 0.6 is 0 Å². The molecule has 4 nitrogen and oxygen atoms in total. The molecule has 22 heavy (non-hydrogen) atoms. The van der Waals surface area contributed by atoms with Crippen LogP contribution in [0.2, 0.25) is 0 Å². The van der Waals surface area contributed by atoms with Gasteiger partial charge in [0.15, 0.2) is 0 Å². The molecule has 0 spiro atoms. The quantitative estimate of drug-likeness (QED) is 0.861. The molecule has 0 amide bonds. The van der Waals surface area contributed by atoms with Gasteiger partial charge in [-0.2, -0.15) is 0 Å². The molecular formula is C17H22N2O2S. The van der Waals surface area contributed by atoms with Crippen molar-refractivity contribution in [1.29, 1.82) is 0 Å². The van der Waals surface area contributed by atoms with Gasteiger partial charge in [-0.05, 0) is 54.4 Å². The summed E-state index contributed by atoms with van der Waals surface area (Å²) in [5.74, 6) is 0.768. The maximum absolute atomic E-state index is 11.9. The molecule has 2 aliphatic rings. The number of piperidine rings is 1. The Hall–Kier alpha value is -1.46. The summed E-state index contributed by atoms with van der Waals surface area (Å²) < 4.78 is 25.4. The minimum Gasteiger partial charge on any atom is -0.265 e. The standard InChI is InChI=1S/C17H22N2O2S/c1-22(20,21)19-12-4-5-15(13-19)17-7-3-2-6-16(17)14-8-10-18-11-9-14/h2-3,6,8-11,15,17H,4-5,7,12-13H2,1H3. The summed E-state index contributed by atoms with van der Waals surface area (Å²) in [6.45, 7) is 1.30. The van der Waals surface area contributed by atoms with E-state index < -0.39 is 10.0 Å². The molecule has 2 heterocycles. The van der Waals surface area contributed by atoms with Crippen LogP contribution in [0.25, 0.3) is 5.57 Å². The Bertz CT molecular complexity index is 680. The highest BCUT2D eigenvalue weighted by Gasteiger charge is 2.33. The maximum atomic E-state index is 11.9. The highest BCUT2D eigenvalue weighted by molar-refractivity contribution is 7.88. The van der Waals surface area contributed by atoms with Crippen molar-refractivity contribution in [2.45, 2.75) is 19.3 Å². The summed E-state index contributed by atoms with van der Waals surface area (Å²) in [5.41, 5.74) is 2.51. The number of rotatable bonds is 3. The van der Waals surface area contributed by atoms with Gasteiger partial charge in [0.25, 0.3) is 0 Å². The van der Waals surface area contributed by atoms with Crippen LogP contribution in [0.3, 0.4) is 0 Å². The molecule has 1 aromatic rings. The van der Waals surface area contributed by atoms with E-state index in [1.54, 1.807) is 4.31 Å².